The molecule has 1 N–H and O–H groups in total. The average molecular weight is 360 g/mol. The number of rotatable bonds is 6. The number of hydrogen-bond donors (Lipinski definition) is 1. The smallest absolute Gasteiger partial charge is 0.225 e. The molecule has 2 aliphatic rings. The Balaban J connectivity index is 1.52. The van der Waals surface area contributed by atoms with Gasteiger partial charge in [0.25, 0.3) is 0 Å². The standard InChI is InChI=1S/C19H33N7/c1-3-9-24-10-6-17(16-24)15-23-18(20-4-2)25-11-13-26(14-12-25)19-21-7-5-8-22-19/h5,7-8,17H,3-4,6,9-16H2,1-2H3,(H,20,23). The second kappa shape index (κ2) is 9.71. The van der Waals surface area contributed by atoms with E-state index < -0.39 is 0 Å². The van der Waals surface area contributed by atoms with Crippen LogP contribution in [0.25, 0.3) is 0 Å². The summed E-state index contributed by atoms with van der Waals surface area (Å²) in [6, 6.07) is 1.86. The van der Waals surface area contributed by atoms with Crippen molar-refractivity contribution in [1.82, 2.24) is 25.1 Å². The summed E-state index contributed by atoms with van der Waals surface area (Å²) in [7, 11) is 0. The van der Waals surface area contributed by atoms with Gasteiger partial charge in [0, 0.05) is 58.2 Å². The lowest BCUT2D eigenvalue weighted by Gasteiger charge is -2.36. The van der Waals surface area contributed by atoms with Gasteiger partial charge in [0.1, 0.15) is 0 Å². The minimum absolute atomic E-state index is 0.703. The van der Waals surface area contributed by atoms with E-state index in [1.807, 2.05) is 18.5 Å². The summed E-state index contributed by atoms with van der Waals surface area (Å²) in [4.78, 5) is 20.9. The van der Waals surface area contributed by atoms with E-state index in [2.05, 4.69) is 43.8 Å². The van der Waals surface area contributed by atoms with E-state index in [1.54, 1.807) is 0 Å². The summed E-state index contributed by atoms with van der Waals surface area (Å²) in [6.45, 7) is 13.7. The molecule has 1 atom stereocenters. The first kappa shape index (κ1) is 18.9. The second-order valence-corrected chi connectivity index (χ2v) is 7.17. The minimum Gasteiger partial charge on any atom is -0.357 e. The first-order valence-corrected chi connectivity index (χ1v) is 10.1. The highest BCUT2D eigenvalue weighted by Crippen LogP contribution is 2.17. The average Bonchev–Trinajstić information content (AvgIpc) is 3.14. The summed E-state index contributed by atoms with van der Waals surface area (Å²) in [5.41, 5.74) is 0. The van der Waals surface area contributed by atoms with Gasteiger partial charge in [-0.1, -0.05) is 6.92 Å². The minimum atomic E-state index is 0.703. The lowest BCUT2D eigenvalue weighted by Crippen LogP contribution is -2.53. The molecule has 3 rings (SSSR count). The quantitative estimate of drug-likeness (QED) is 0.610. The van der Waals surface area contributed by atoms with Crippen molar-refractivity contribution in [3.05, 3.63) is 18.5 Å². The van der Waals surface area contributed by atoms with E-state index in [0.717, 1.165) is 51.2 Å². The highest BCUT2D eigenvalue weighted by Gasteiger charge is 2.24. The van der Waals surface area contributed by atoms with E-state index in [1.165, 1.54) is 32.5 Å². The molecule has 7 nitrogen and oxygen atoms in total. The SMILES string of the molecule is CCCN1CCC(CN=C(NCC)N2CCN(c3ncccn3)CC2)C1. The van der Waals surface area contributed by atoms with Crippen LogP contribution in [-0.4, -0.2) is 84.6 Å². The molecule has 0 amide bonds. The lowest BCUT2D eigenvalue weighted by atomic mass is 10.1. The molecule has 0 bridgehead atoms. The zero-order valence-corrected chi connectivity index (χ0v) is 16.3. The van der Waals surface area contributed by atoms with Crippen LogP contribution in [-0.2, 0) is 0 Å². The number of aliphatic imine (C=N–C) groups is 1. The van der Waals surface area contributed by atoms with Crippen LogP contribution in [0.15, 0.2) is 23.5 Å². The van der Waals surface area contributed by atoms with Gasteiger partial charge < -0.3 is 20.0 Å². The van der Waals surface area contributed by atoms with Crippen molar-refractivity contribution in [3.63, 3.8) is 0 Å². The molecule has 0 saturated carbocycles. The van der Waals surface area contributed by atoms with Crippen LogP contribution in [0.2, 0.25) is 0 Å². The zero-order chi connectivity index (χ0) is 18.2. The molecule has 1 aromatic rings. The number of nitrogens with one attached hydrogen (secondary N) is 1. The molecule has 2 saturated heterocycles. The Kier molecular flexibility index (Phi) is 7.05. The molecule has 0 radical (unpaired) electrons. The van der Waals surface area contributed by atoms with Crippen LogP contribution in [0.4, 0.5) is 5.95 Å². The third kappa shape index (κ3) is 5.06. The first-order chi connectivity index (χ1) is 12.8. The van der Waals surface area contributed by atoms with Gasteiger partial charge in [-0.25, -0.2) is 9.97 Å². The summed E-state index contributed by atoms with van der Waals surface area (Å²) in [5, 5.41) is 3.48. The fourth-order valence-electron chi connectivity index (χ4n) is 3.80. The molecule has 7 heteroatoms. The van der Waals surface area contributed by atoms with E-state index in [-0.39, 0.29) is 0 Å². The molecule has 0 spiro atoms. The Morgan fingerprint density at radius 2 is 1.92 bits per heavy atom. The predicted molar refractivity (Wildman–Crippen MR) is 107 cm³/mol. The fourth-order valence-corrected chi connectivity index (χ4v) is 3.80. The van der Waals surface area contributed by atoms with Gasteiger partial charge in [-0.05, 0) is 44.8 Å². The maximum Gasteiger partial charge on any atom is 0.225 e. The van der Waals surface area contributed by atoms with Gasteiger partial charge in [0.05, 0.1) is 0 Å². The monoisotopic (exact) mass is 359 g/mol. The Morgan fingerprint density at radius 1 is 1.15 bits per heavy atom. The predicted octanol–water partition coefficient (Wildman–Crippen LogP) is 1.30. The molecule has 1 unspecified atom stereocenters. The van der Waals surface area contributed by atoms with Gasteiger partial charge in [-0.3, -0.25) is 4.99 Å². The summed E-state index contributed by atoms with van der Waals surface area (Å²) in [5.74, 6) is 2.60. The van der Waals surface area contributed by atoms with E-state index in [0.29, 0.717) is 5.92 Å². The number of piperazine rings is 1. The second-order valence-electron chi connectivity index (χ2n) is 7.17. The highest BCUT2D eigenvalue weighted by molar-refractivity contribution is 5.80. The van der Waals surface area contributed by atoms with Gasteiger partial charge in [0.15, 0.2) is 5.96 Å². The van der Waals surface area contributed by atoms with Gasteiger partial charge >= 0.3 is 0 Å². The van der Waals surface area contributed by atoms with Crippen LogP contribution in [0.3, 0.4) is 0 Å². The Morgan fingerprint density at radius 3 is 2.62 bits per heavy atom. The molecule has 1 aromatic heterocycles. The van der Waals surface area contributed by atoms with Crippen LogP contribution >= 0.6 is 0 Å². The van der Waals surface area contributed by atoms with E-state index in [4.69, 9.17) is 4.99 Å². The molecule has 0 aromatic carbocycles. The number of nitrogens with zero attached hydrogens (tertiary/aromatic N) is 6. The molecular weight excluding hydrogens is 326 g/mol. The van der Waals surface area contributed by atoms with Crippen LogP contribution in [0.1, 0.15) is 26.7 Å². The highest BCUT2D eigenvalue weighted by atomic mass is 15.4. The van der Waals surface area contributed by atoms with Crippen molar-refractivity contribution in [2.45, 2.75) is 26.7 Å². The number of aromatic nitrogens is 2. The number of likely N-dealkylation sites (tertiary alicyclic amines) is 1. The van der Waals surface area contributed by atoms with Crippen molar-refractivity contribution in [2.75, 3.05) is 63.8 Å². The molecule has 0 aliphatic carbocycles. The van der Waals surface area contributed by atoms with Crippen molar-refractivity contribution in [3.8, 4) is 0 Å². The van der Waals surface area contributed by atoms with Crippen molar-refractivity contribution in [2.24, 2.45) is 10.9 Å². The fraction of sp³-hybridized carbons (Fsp3) is 0.737. The largest absolute Gasteiger partial charge is 0.357 e. The topological polar surface area (TPSA) is 59.9 Å². The van der Waals surface area contributed by atoms with Crippen molar-refractivity contribution >= 4 is 11.9 Å². The van der Waals surface area contributed by atoms with Gasteiger partial charge in [0.2, 0.25) is 5.95 Å². The lowest BCUT2D eigenvalue weighted by molar-refractivity contribution is 0.325. The van der Waals surface area contributed by atoms with E-state index in [9.17, 15) is 0 Å². The summed E-state index contributed by atoms with van der Waals surface area (Å²) < 4.78 is 0. The van der Waals surface area contributed by atoms with Crippen LogP contribution in [0, 0.1) is 5.92 Å². The maximum absolute atomic E-state index is 4.97. The van der Waals surface area contributed by atoms with Crippen LogP contribution in [0.5, 0.6) is 0 Å². The molecule has 3 heterocycles. The molecule has 26 heavy (non-hydrogen) atoms. The molecule has 144 valence electrons. The normalized spacial score (nSPS) is 22.1. The van der Waals surface area contributed by atoms with Gasteiger partial charge in [-0.15, -0.1) is 0 Å². The summed E-state index contributed by atoms with van der Waals surface area (Å²) >= 11 is 0. The van der Waals surface area contributed by atoms with Gasteiger partial charge in [-0.2, -0.15) is 0 Å². The third-order valence-electron chi connectivity index (χ3n) is 5.16. The summed E-state index contributed by atoms with van der Waals surface area (Å²) in [6.07, 6.45) is 6.14. The zero-order valence-electron chi connectivity index (χ0n) is 16.3. The molecule has 2 aliphatic heterocycles. The van der Waals surface area contributed by atoms with Crippen molar-refractivity contribution in [1.29, 1.82) is 0 Å². The van der Waals surface area contributed by atoms with E-state index >= 15 is 0 Å². The van der Waals surface area contributed by atoms with Crippen molar-refractivity contribution < 1.29 is 0 Å². The number of anilines is 1. The maximum atomic E-state index is 4.97. The third-order valence-corrected chi connectivity index (χ3v) is 5.16. The number of hydrogen-bond acceptors (Lipinski definition) is 5. The molecule has 2 fully saturated rings. The Bertz CT molecular complexity index is 554. The Labute approximate surface area is 157 Å². The first-order valence-electron chi connectivity index (χ1n) is 10.1. The molecular formula is C19H33N7. The Hall–Kier alpha value is -1.89. The number of guanidine groups is 1. The van der Waals surface area contributed by atoms with Crippen LogP contribution < -0.4 is 10.2 Å².